The Morgan fingerprint density at radius 1 is 1.44 bits per heavy atom. The number of ketones is 1. The highest BCUT2D eigenvalue weighted by atomic mass is 35.5. The summed E-state index contributed by atoms with van der Waals surface area (Å²) >= 11 is 5.83. The number of hydrogen-bond donors (Lipinski definition) is 0. The molecule has 0 bridgehead atoms. The predicted molar refractivity (Wildman–Crippen MR) is 72.2 cm³/mol. The smallest absolute Gasteiger partial charge is 0.179 e. The summed E-state index contributed by atoms with van der Waals surface area (Å²) in [6.45, 7) is 6.24. The van der Waals surface area contributed by atoms with E-state index in [4.69, 9.17) is 16.3 Å². The monoisotopic (exact) mass is 267 g/mol. The van der Waals surface area contributed by atoms with Crippen molar-refractivity contribution < 1.29 is 9.53 Å². The summed E-state index contributed by atoms with van der Waals surface area (Å²) in [5.41, 5.74) is 0.714. The zero-order valence-corrected chi connectivity index (χ0v) is 11.5. The number of hydrogen-bond acceptors (Lipinski definition) is 3. The Labute approximate surface area is 113 Å². The topological polar surface area (TPSA) is 29.5 Å². The number of halogens is 1. The average Bonchev–Trinajstić information content (AvgIpc) is 2.38. The van der Waals surface area contributed by atoms with E-state index in [0.29, 0.717) is 23.8 Å². The Kier molecular flexibility index (Phi) is 4.38. The zero-order chi connectivity index (χ0) is 13.1. The third kappa shape index (κ3) is 2.91. The van der Waals surface area contributed by atoms with Gasteiger partial charge in [0.15, 0.2) is 5.78 Å². The van der Waals surface area contributed by atoms with Crippen LogP contribution in [0.15, 0.2) is 24.3 Å². The van der Waals surface area contributed by atoms with Crippen LogP contribution >= 0.6 is 11.6 Å². The molecule has 0 radical (unpaired) electrons. The fourth-order valence-corrected chi connectivity index (χ4v) is 2.45. The third-order valence-corrected chi connectivity index (χ3v) is 3.68. The van der Waals surface area contributed by atoms with Gasteiger partial charge in [-0.1, -0.05) is 11.6 Å². The molecule has 0 spiro atoms. The molecule has 18 heavy (non-hydrogen) atoms. The summed E-state index contributed by atoms with van der Waals surface area (Å²) in [5, 5.41) is 0.652. The minimum atomic E-state index is -0.120. The Balaban J connectivity index is 2.10. The molecule has 1 heterocycles. The van der Waals surface area contributed by atoms with Crippen LogP contribution in [0.3, 0.4) is 0 Å². The molecule has 1 aromatic rings. The molecule has 0 aliphatic carbocycles. The van der Waals surface area contributed by atoms with Crippen LogP contribution in [0.4, 0.5) is 0 Å². The molecular formula is C14H18ClNO2. The minimum Gasteiger partial charge on any atom is -0.379 e. The van der Waals surface area contributed by atoms with E-state index in [1.807, 2.05) is 6.92 Å². The molecular weight excluding hydrogens is 250 g/mol. The molecule has 2 rings (SSSR count). The third-order valence-electron chi connectivity index (χ3n) is 3.42. The summed E-state index contributed by atoms with van der Waals surface area (Å²) in [6.07, 6.45) is 0. The van der Waals surface area contributed by atoms with Gasteiger partial charge in [0.05, 0.1) is 19.3 Å². The first kappa shape index (κ1) is 13.5. The van der Waals surface area contributed by atoms with Crippen LogP contribution in [0.1, 0.15) is 24.2 Å². The summed E-state index contributed by atoms with van der Waals surface area (Å²) in [5.74, 6) is 0.139. The lowest BCUT2D eigenvalue weighted by atomic mass is 10.0. The van der Waals surface area contributed by atoms with Crippen molar-refractivity contribution in [2.45, 2.75) is 25.9 Å². The predicted octanol–water partition coefficient (Wildman–Crippen LogP) is 2.63. The SMILES string of the molecule is CC1COCCN1C(C)C(=O)c1ccc(Cl)cc1. The first-order valence-electron chi connectivity index (χ1n) is 6.23. The number of morpholine rings is 1. The number of benzene rings is 1. The summed E-state index contributed by atoms with van der Waals surface area (Å²) in [6, 6.07) is 7.24. The van der Waals surface area contributed by atoms with Crippen LogP contribution in [0.5, 0.6) is 0 Å². The van der Waals surface area contributed by atoms with Crippen LogP contribution in [0, 0.1) is 0 Å². The van der Waals surface area contributed by atoms with Gasteiger partial charge in [0, 0.05) is 23.2 Å². The van der Waals surface area contributed by atoms with E-state index < -0.39 is 0 Å². The molecule has 1 saturated heterocycles. The molecule has 0 aromatic heterocycles. The van der Waals surface area contributed by atoms with Gasteiger partial charge in [-0.3, -0.25) is 9.69 Å². The number of rotatable bonds is 3. The van der Waals surface area contributed by atoms with Crippen molar-refractivity contribution in [1.29, 1.82) is 0 Å². The number of carbonyl (C=O) groups is 1. The van der Waals surface area contributed by atoms with Crippen molar-refractivity contribution in [1.82, 2.24) is 4.90 Å². The van der Waals surface area contributed by atoms with Gasteiger partial charge in [0.25, 0.3) is 0 Å². The highest BCUT2D eigenvalue weighted by molar-refractivity contribution is 6.30. The summed E-state index contributed by atoms with van der Waals surface area (Å²) < 4.78 is 5.39. The maximum absolute atomic E-state index is 12.4. The molecule has 98 valence electrons. The standard InChI is InChI=1S/C14H18ClNO2/c1-10-9-18-8-7-16(10)11(2)14(17)12-3-5-13(15)6-4-12/h3-6,10-11H,7-9H2,1-2H3. The number of Topliss-reactive ketones (excluding diaryl/α,β-unsaturated/α-hetero) is 1. The molecule has 1 fully saturated rings. The van der Waals surface area contributed by atoms with Gasteiger partial charge < -0.3 is 4.74 Å². The number of carbonyl (C=O) groups excluding carboxylic acids is 1. The van der Waals surface area contributed by atoms with Gasteiger partial charge >= 0.3 is 0 Å². The summed E-state index contributed by atoms with van der Waals surface area (Å²) in [4.78, 5) is 14.6. The van der Waals surface area contributed by atoms with E-state index in [1.54, 1.807) is 24.3 Å². The van der Waals surface area contributed by atoms with Gasteiger partial charge in [-0.05, 0) is 38.1 Å². The molecule has 2 atom stereocenters. The van der Waals surface area contributed by atoms with E-state index >= 15 is 0 Å². The number of nitrogens with zero attached hydrogens (tertiary/aromatic N) is 1. The van der Waals surface area contributed by atoms with Gasteiger partial charge in [0.2, 0.25) is 0 Å². The Bertz CT molecular complexity index is 418. The quantitative estimate of drug-likeness (QED) is 0.789. The van der Waals surface area contributed by atoms with E-state index in [0.717, 1.165) is 6.54 Å². The molecule has 1 aliphatic heterocycles. The Morgan fingerprint density at radius 3 is 2.72 bits per heavy atom. The molecule has 4 heteroatoms. The second-order valence-electron chi connectivity index (χ2n) is 4.71. The van der Waals surface area contributed by atoms with E-state index in [-0.39, 0.29) is 17.9 Å². The number of ether oxygens (including phenoxy) is 1. The fourth-order valence-electron chi connectivity index (χ4n) is 2.32. The lowest BCUT2D eigenvalue weighted by Gasteiger charge is -2.37. The van der Waals surface area contributed by atoms with Crippen LogP contribution in [0.25, 0.3) is 0 Å². The molecule has 0 N–H and O–H groups in total. The molecule has 2 unspecified atom stereocenters. The van der Waals surface area contributed by atoms with Crippen molar-refractivity contribution in [3.05, 3.63) is 34.9 Å². The van der Waals surface area contributed by atoms with Crippen molar-refractivity contribution >= 4 is 17.4 Å². The van der Waals surface area contributed by atoms with Gasteiger partial charge in [0.1, 0.15) is 0 Å². The highest BCUT2D eigenvalue weighted by Gasteiger charge is 2.28. The summed E-state index contributed by atoms with van der Waals surface area (Å²) in [7, 11) is 0. The van der Waals surface area contributed by atoms with E-state index in [2.05, 4.69) is 11.8 Å². The van der Waals surface area contributed by atoms with Crippen molar-refractivity contribution in [3.8, 4) is 0 Å². The lowest BCUT2D eigenvalue weighted by molar-refractivity contribution is -0.0143. The molecule has 1 aromatic carbocycles. The van der Waals surface area contributed by atoms with Gasteiger partial charge in [-0.2, -0.15) is 0 Å². The first-order chi connectivity index (χ1) is 8.59. The lowest BCUT2D eigenvalue weighted by Crippen LogP contribution is -2.51. The Hall–Kier alpha value is -0.900. The maximum atomic E-state index is 12.4. The van der Waals surface area contributed by atoms with Crippen LogP contribution < -0.4 is 0 Å². The highest BCUT2D eigenvalue weighted by Crippen LogP contribution is 2.16. The first-order valence-corrected chi connectivity index (χ1v) is 6.60. The van der Waals surface area contributed by atoms with Crippen molar-refractivity contribution in [2.24, 2.45) is 0 Å². The second kappa shape index (κ2) is 5.83. The minimum absolute atomic E-state index is 0.120. The van der Waals surface area contributed by atoms with Crippen molar-refractivity contribution in [3.63, 3.8) is 0 Å². The molecule has 1 aliphatic rings. The van der Waals surface area contributed by atoms with E-state index in [1.165, 1.54) is 0 Å². The van der Waals surface area contributed by atoms with Crippen LogP contribution in [0.2, 0.25) is 5.02 Å². The van der Waals surface area contributed by atoms with Gasteiger partial charge in [-0.15, -0.1) is 0 Å². The largest absolute Gasteiger partial charge is 0.379 e. The maximum Gasteiger partial charge on any atom is 0.179 e. The molecule has 3 nitrogen and oxygen atoms in total. The van der Waals surface area contributed by atoms with E-state index in [9.17, 15) is 4.79 Å². The van der Waals surface area contributed by atoms with Gasteiger partial charge in [-0.25, -0.2) is 0 Å². The normalized spacial score (nSPS) is 22.7. The fraction of sp³-hybridized carbons (Fsp3) is 0.500. The molecule has 0 saturated carbocycles. The van der Waals surface area contributed by atoms with Crippen LogP contribution in [-0.2, 0) is 4.74 Å². The van der Waals surface area contributed by atoms with Crippen LogP contribution in [-0.4, -0.2) is 42.5 Å². The average molecular weight is 268 g/mol. The van der Waals surface area contributed by atoms with Crippen molar-refractivity contribution in [2.75, 3.05) is 19.8 Å². The second-order valence-corrected chi connectivity index (χ2v) is 5.15. The zero-order valence-electron chi connectivity index (χ0n) is 10.7. The molecule has 0 amide bonds. The Morgan fingerprint density at radius 2 is 2.11 bits per heavy atom.